The van der Waals surface area contributed by atoms with Gasteiger partial charge in [-0.3, -0.25) is 9.59 Å². The molecule has 1 heterocycles. The van der Waals surface area contributed by atoms with E-state index >= 15 is 0 Å². The predicted octanol–water partition coefficient (Wildman–Crippen LogP) is 3.51. The van der Waals surface area contributed by atoms with Crippen LogP contribution in [0.15, 0.2) is 54.6 Å². The maximum atomic E-state index is 12.7. The van der Waals surface area contributed by atoms with Gasteiger partial charge in [-0.25, -0.2) is 0 Å². The Morgan fingerprint density at radius 2 is 1.78 bits per heavy atom. The van der Waals surface area contributed by atoms with E-state index in [1.807, 2.05) is 49.1 Å². The lowest BCUT2D eigenvalue weighted by atomic mass is 10.1. The van der Waals surface area contributed by atoms with Crippen LogP contribution < -0.4 is 10.1 Å². The zero-order valence-electron chi connectivity index (χ0n) is 15.9. The molecule has 0 bridgehead atoms. The molecule has 142 valence electrons. The van der Waals surface area contributed by atoms with E-state index in [1.165, 1.54) is 0 Å². The number of benzene rings is 2. The number of amides is 2. The second-order valence-electron chi connectivity index (χ2n) is 7.12. The molecule has 2 amide bonds. The van der Waals surface area contributed by atoms with Gasteiger partial charge in [0.05, 0.1) is 6.04 Å². The summed E-state index contributed by atoms with van der Waals surface area (Å²) in [6.07, 6.45) is 1.92. The van der Waals surface area contributed by atoms with E-state index in [1.54, 1.807) is 24.3 Å². The minimum Gasteiger partial charge on any atom is -0.491 e. The van der Waals surface area contributed by atoms with E-state index in [0.717, 1.165) is 19.4 Å². The Labute approximate surface area is 160 Å². The smallest absolute Gasteiger partial charge is 0.254 e. The second kappa shape index (κ2) is 8.71. The topological polar surface area (TPSA) is 58.6 Å². The molecule has 2 aromatic carbocycles. The third-order valence-electron chi connectivity index (χ3n) is 4.64. The van der Waals surface area contributed by atoms with Crippen LogP contribution in [0, 0.1) is 0 Å². The lowest BCUT2D eigenvalue weighted by Crippen LogP contribution is -2.39. The number of likely N-dealkylation sites (tertiary alicyclic amines) is 1. The van der Waals surface area contributed by atoms with Gasteiger partial charge in [0, 0.05) is 23.7 Å². The summed E-state index contributed by atoms with van der Waals surface area (Å²) in [5, 5.41) is 2.87. The van der Waals surface area contributed by atoms with Gasteiger partial charge in [-0.05, 0) is 63.1 Å². The molecule has 1 aliphatic heterocycles. The normalized spacial score (nSPS) is 16.4. The highest BCUT2D eigenvalue weighted by molar-refractivity contribution is 5.95. The van der Waals surface area contributed by atoms with Gasteiger partial charge in [-0.15, -0.1) is 0 Å². The standard InChI is InChI=1S/C22H26N2O3/c1-16(2)23-21(25)17-10-12-20(13-11-17)27-15-19-9-6-14-24(19)22(26)18-7-4-3-5-8-18/h3-5,7-8,10-13,16,19H,6,9,14-15H2,1-2H3,(H,23,25)/t19-/m0/s1. The van der Waals surface area contributed by atoms with Crippen LogP contribution in [0.25, 0.3) is 0 Å². The van der Waals surface area contributed by atoms with E-state index in [2.05, 4.69) is 5.32 Å². The van der Waals surface area contributed by atoms with Gasteiger partial charge in [0.2, 0.25) is 0 Å². The highest BCUT2D eigenvalue weighted by Crippen LogP contribution is 2.22. The summed E-state index contributed by atoms with van der Waals surface area (Å²) >= 11 is 0. The Kier molecular flexibility index (Phi) is 6.12. The quantitative estimate of drug-likeness (QED) is 0.851. The van der Waals surface area contributed by atoms with E-state index in [4.69, 9.17) is 4.74 Å². The number of nitrogens with one attached hydrogen (secondary N) is 1. The van der Waals surface area contributed by atoms with Crippen molar-refractivity contribution in [1.82, 2.24) is 10.2 Å². The molecule has 0 aliphatic carbocycles. The Morgan fingerprint density at radius 3 is 2.44 bits per heavy atom. The molecule has 5 heteroatoms. The Balaban J connectivity index is 1.57. The summed E-state index contributed by atoms with van der Waals surface area (Å²) < 4.78 is 5.90. The average molecular weight is 366 g/mol. The number of nitrogens with zero attached hydrogens (tertiary/aromatic N) is 1. The monoisotopic (exact) mass is 366 g/mol. The van der Waals surface area contributed by atoms with Crippen molar-refractivity contribution in [2.24, 2.45) is 0 Å². The Morgan fingerprint density at radius 1 is 1.07 bits per heavy atom. The molecule has 5 nitrogen and oxygen atoms in total. The van der Waals surface area contributed by atoms with E-state index in [0.29, 0.717) is 23.5 Å². The molecule has 0 radical (unpaired) electrons. The number of hydrogen-bond donors (Lipinski definition) is 1. The van der Waals surface area contributed by atoms with Crippen molar-refractivity contribution in [2.45, 2.75) is 38.8 Å². The fourth-order valence-electron chi connectivity index (χ4n) is 3.26. The van der Waals surface area contributed by atoms with E-state index in [-0.39, 0.29) is 23.9 Å². The molecule has 2 aromatic rings. The maximum Gasteiger partial charge on any atom is 0.254 e. The van der Waals surface area contributed by atoms with Crippen LogP contribution in [0.4, 0.5) is 0 Å². The molecule has 1 saturated heterocycles. The van der Waals surface area contributed by atoms with Crippen LogP contribution in [-0.2, 0) is 0 Å². The van der Waals surface area contributed by atoms with Gasteiger partial charge in [0.15, 0.2) is 0 Å². The van der Waals surface area contributed by atoms with Gasteiger partial charge < -0.3 is 15.0 Å². The number of rotatable bonds is 6. The fraction of sp³-hybridized carbons (Fsp3) is 0.364. The number of carbonyl (C=O) groups is 2. The molecule has 1 fully saturated rings. The van der Waals surface area contributed by atoms with Crippen LogP contribution in [0.3, 0.4) is 0 Å². The van der Waals surface area contributed by atoms with Gasteiger partial charge in [0.25, 0.3) is 11.8 Å². The van der Waals surface area contributed by atoms with Gasteiger partial charge >= 0.3 is 0 Å². The van der Waals surface area contributed by atoms with Crippen molar-refractivity contribution in [1.29, 1.82) is 0 Å². The van der Waals surface area contributed by atoms with Crippen molar-refractivity contribution >= 4 is 11.8 Å². The van der Waals surface area contributed by atoms with Crippen molar-refractivity contribution < 1.29 is 14.3 Å². The largest absolute Gasteiger partial charge is 0.491 e. The molecule has 0 spiro atoms. The number of hydrogen-bond acceptors (Lipinski definition) is 3. The first-order valence-corrected chi connectivity index (χ1v) is 9.44. The van der Waals surface area contributed by atoms with Crippen LogP contribution in [-0.4, -0.2) is 41.9 Å². The minimum absolute atomic E-state index is 0.0578. The summed E-state index contributed by atoms with van der Waals surface area (Å²) in [5.74, 6) is 0.671. The summed E-state index contributed by atoms with van der Waals surface area (Å²) in [6.45, 7) is 5.07. The molecule has 1 atom stereocenters. The summed E-state index contributed by atoms with van der Waals surface area (Å²) in [4.78, 5) is 26.6. The molecule has 3 rings (SSSR count). The first kappa shape index (κ1) is 19.0. The SMILES string of the molecule is CC(C)NC(=O)c1ccc(OC[C@@H]2CCCN2C(=O)c2ccccc2)cc1. The molecule has 1 N–H and O–H groups in total. The maximum absolute atomic E-state index is 12.7. The fourth-order valence-corrected chi connectivity index (χ4v) is 3.26. The highest BCUT2D eigenvalue weighted by Gasteiger charge is 2.29. The zero-order chi connectivity index (χ0) is 19.2. The molecular formula is C22H26N2O3. The first-order valence-electron chi connectivity index (χ1n) is 9.44. The lowest BCUT2D eigenvalue weighted by Gasteiger charge is -2.25. The molecule has 0 unspecified atom stereocenters. The molecule has 0 aromatic heterocycles. The van der Waals surface area contributed by atoms with E-state index in [9.17, 15) is 9.59 Å². The highest BCUT2D eigenvalue weighted by atomic mass is 16.5. The first-order chi connectivity index (χ1) is 13.0. The van der Waals surface area contributed by atoms with Crippen molar-refractivity contribution in [3.05, 3.63) is 65.7 Å². The van der Waals surface area contributed by atoms with Gasteiger partial charge in [0.1, 0.15) is 12.4 Å². The third kappa shape index (κ3) is 4.88. The van der Waals surface area contributed by atoms with Gasteiger partial charge in [-0.2, -0.15) is 0 Å². The van der Waals surface area contributed by atoms with Crippen LogP contribution >= 0.6 is 0 Å². The number of ether oxygens (including phenoxy) is 1. The Hall–Kier alpha value is -2.82. The minimum atomic E-state index is -0.0908. The lowest BCUT2D eigenvalue weighted by molar-refractivity contribution is 0.0691. The van der Waals surface area contributed by atoms with Crippen molar-refractivity contribution in [2.75, 3.05) is 13.2 Å². The molecular weight excluding hydrogens is 340 g/mol. The molecule has 1 aliphatic rings. The summed E-state index contributed by atoms with van der Waals surface area (Å²) in [5.41, 5.74) is 1.32. The predicted molar refractivity (Wildman–Crippen MR) is 105 cm³/mol. The molecule has 27 heavy (non-hydrogen) atoms. The molecule has 0 saturated carbocycles. The van der Waals surface area contributed by atoms with Crippen LogP contribution in [0.5, 0.6) is 5.75 Å². The summed E-state index contributed by atoms with van der Waals surface area (Å²) in [6, 6.07) is 16.7. The van der Waals surface area contributed by atoms with Crippen molar-refractivity contribution in [3.63, 3.8) is 0 Å². The summed E-state index contributed by atoms with van der Waals surface area (Å²) in [7, 11) is 0. The van der Waals surface area contributed by atoms with Crippen molar-refractivity contribution in [3.8, 4) is 5.75 Å². The van der Waals surface area contributed by atoms with Crippen LogP contribution in [0.2, 0.25) is 0 Å². The Bertz CT molecular complexity index is 772. The third-order valence-corrected chi connectivity index (χ3v) is 4.64. The average Bonchev–Trinajstić information content (AvgIpc) is 3.15. The van der Waals surface area contributed by atoms with Crippen LogP contribution in [0.1, 0.15) is 47.4 Å². The van der Waals surface area contributed by atoms with E-state index < -0.39 is 0 Å². The number of carbonyl (C=O) groups excluding carboxylic acids is 2. The zero-order valence-corrected chi connectivity index (χ0v) is 15.9. The van der Waals surface area contributed by atoms with Gasteiger partial charge in [-0.1, -0.05) is 18.2 Å². The second-order valence-corrected chi connectivity index (χ2v) is 7.12.